The highest BCUT2D eigenvalue weighted by molar-refractivity contribution is 6.74. The predicted octanol–water partition coefficient (Wildman–Crippen LogP) is 5.02. The van der Waals surface area contributed by atoms with Crippen LogP contribution in [0.25, 0.3) is 0 Å². The molecule has 0 radical (unpaired) electrons. The van der Waals surface area contributed by atoms with Gasteiger partial charge in [0.2, 0.25) is 0 Å². The summed E-state index contributed by atoms with van der Waals surface area (Å²) in [6.45, 7) is 17.4. The van der Waals surface area contributed by atoms with Crippen molar-refractivity contribution in [3.63, 3.8) is 0 Å². The molecular formula is C23H40O4Si. The first-order valence-electron chi connectivity index (χ1n) is 10.6. The Morgan fingerprint density at radius 1 is 1.07 bits per heavy atom. The summed E-state index contributed by atoms with van der Waals surface area (Å²) < 4.78 is 18.5. The van der Waals surface area contributed by atoms with Gasteiger partial charge in [-0.2, -0.15) is 0 Å². The maximum atomic E-state index is 9.29. The molecule has 0 amide bonds. The average molecular weight is 409 g/mol. The Hall–Kier alpha value is -0.723. The molecule has 1 heterocycles. The molecule has 0 aliphatic carbocycles. The van der Waals surface area contributed by atoms with E-state index in [1.165, 1.54) is 5.56 Å². The number of benzene rings is 1. The van der Waals surface area contributed by atoms with Crippen LogP contribution >= 0.6 is 0 Å². The number of aliphatic hydroxyl groups excluding tert-OH is 1. The summed E-state index contributed by atoms with van der Waals surface area (Å²) in [5, 5.41) is 9.45. The van der Waals surface area contributed by atoms with E-state index in [0.29, 0.717) is 25.0 Å². The third-order valence-corrected chi connectivity index (χ3v) is 10.8. The van der Waals surface area contributed by atoms with Crippen molar-refractivity contribution >= 4 is 8.32 Å². The summed E-state index contributed by atoms with van der Waals surface area (Å²) in [5.74, 6) is 0.644. The molecule has 1 saturated heterocycles. The zero-order chi connectivity index (χ0) is 20.9. The van der Waals surface area contributed by atoms with Crippen LogP contribution < -0.4 is 0 Å². The molecule has 1 aliphatic heterocycles. The molecule has 2 rings (SSSR count). The molecule has 0 saturated carbocycles. The van der Waals surface area contributed by atoms with E-state index < -0.39 is 8.32 Å². The summed E-state index contributed by atoms with van der Waals surface area (Å²) in [6.07, 6.45) is 1.23. The Morgan fingerprint density at radius 2 is 1.71 bits per heavy atom. The fourth-order valence-electron chi connectivity index (χ4n) is 3.39. The van der Waals surface area contributed by atoms with E-state index in [2.05, 4.69) is 59.8 Å². The van der Waals surface area contributed by atoms with Crippen molar-refractivity contribution in [2.45, 2.75) is 84.1 Å². The zero-order valence-electron chi connectivity index (χ0n) is 18.8. The van der Waals surface area contributed by atoms with Crippen LogP contribution in [0.5, 0.6) is 0 Å². The molecular weight excluding hydrogens is 368 g/mol. The fraction of sp³-hybridized carbons (Fsp3) is 0.739. The minimum absolute atomic E-state index is 0.0145. The Morgan fingerprint density at radius 3 is 2.25 bits per heavy atom. The Labute approximate surface area is 172 Å². The number of hydrogen-bond donors (Lipinski definition) is 1. The lowest BCUT2D eigenvalue weighted by Crippen LogP contribution is -2.48. The first kappa shape index (κ1) is 23.6. The van der Waals surface area contributed by atoms with Crippen molar-refractivity contribution in [1.29, 1.82) is 0 Å². The van der Waals surface area contributed by atoms with Gasteiger partial charge in [0.05, 0.1) is 32.0 Å². The number of hydrogen-bond acceptors (Lipinski definition) is 4. The molecule has 1 aromatic rings. The van der Waals surface area contributed by atoms with Crippen molar-refractivity contribution < 1.29 is 19.0 Å². The molecule has 1 fully saturated rings. The van der Waals surface area contributed by atoms with Gasteiger partial charge in [-0.15, -0.1) is 0 Å². The monoisotopic (exact) mass is 408 g/mol. The van der Waals surface area contributed by atoms with Gasteiger partial charge in [-0.05, 0) is 36.0 Å². The quantitative estimate of drug-likeness (QED) is 0.413. The molecule has 4 nitrogen and oxygen atoms in total. The van der Waals surface area contributed by atoms with E-state index in [1.54, 1.807) is 0 Å². The molecule has 0 unspecified atom stereocenters. The molecule has 0 aromatic heterocycles. The molecule has 1 N–H and O–H groups in total. The summed E-state index contributed by atoms with van der Waals surface area (Å²) in [6, 6.07) is 10.3. The molecule has 5 atom stereocenters. The number of epoxide rings is 1. The Balaban J connectivity index is 1.99. The topological polar surface area (TPSA) is 51.2 Å². The van der Waals surface area contributed by atoms with Gasteiger partial charge in [0.1, 0.15) is 6.10 Å². The van der Waals surface area contributed by atoms with Crippen LogP contribution in [0.15, 0.2) is 30.3 Å². The fourth-order valence-corrected chi connectivity index (χ4v) is 4.89. The van der Waals surface area contributed by atoms with Crippen molar-refractivity contribution in [1.82, 2.24) is 0 Å². The highest BCUT2D eigenvalue weighted by Crippen LogP contribution is 2.40. The second-order valence-corrected chi connectivity index (χ2v) is 14.7. The summed E-state index contributed by atoms with van der Waals surface area (Å²) >= 11 is 0. The normalized spacial score (nSPS) is 23.3. The minimum Gasteiger partial charge on any atom is -0.413 e. The molecule has 1 aliphatic rings. The highest BCUT2D eigenvalue weighted by atomic mass is 28.4. The predicted molar refractivity (Wildman–Crippen MR) is 117 cm³/mol. The highest BCUT2D eigenvalue weighted by Gasteiger charge is 2.44. The van der Waals surface area contributed by atoms with Crippen molar-refractivity contribution in [3.05, 3.63) is 35.9 Å². The van der Waals surface area contributed by atoms with Crippen LogP contribution in [0.2, 0.25) is 18.1 Å². The van der Waals surface area contributed by atoms with E-state index in [1.807, 2.05) is 18.2 Å². The number of rotatable bonds is 11. The molecule has 0 spiro atoms. The van der Waals surface area contributed by atoms with Gasteiger partial charge < -0.3 is 19.0 Å². The average Bonchev–Trinajstić information content (AvgIpc) is 3.37. The van der Waals surface area contributed by atoms with Gasteiger partial charge in [-0.25, -0.2) is 0 Å². The first-order chi connectivity index (χ1) is 13.0. The maximum Gasteiger partial charge on any atom is 0.192 e. The zero-order valence-corrected chi connectivity index (χ0v) is 19.8. The molecule has 160 valence electrons. The van der Waals surface area contributed by atoms with E-state index >= 15 is 0 Å². The summed E-state index contributed by atoms with van der Waals surface area (Å²) in [4.78, 5) is 0. The van der Waals surface area contributed by atoms with Gasteiger partial charge in [0, 0.05) is 5.92 Å². The van der Waals surface area contributed by atoms with Gasteiger partial charge in [0.15, 0.2) is 8.32 Å². The lowest BCUT2D eigenvalue weighted by molar-refractivity contribution is 0.00747. The third kappa shape index (κ3) is 6.67. The van der Waals surface area contributed by atoms with Crippen molar-refractivity contribution in [2.75, 3.05) is 13.2 Å². The second kappa shape index (κ2) is 9.85. The van der Waals surface area contributed by atoms with E-state index in [-0.39, 0.29) is 30.0 Å². The lowest BCUT2D eigenvalue weighted by atomic mass is 9.90. The van der Waals surface area contributed by atoms with Crippen LogP contribution in [0, 0.1) is 11.8 Å². The summed E-state index contributed by atoms with van der Waals surface area (Å²) in [7, 11) is -1.90. The van der Waals surface area contributed by atoms with Gasteiger partial charge >= 0.3 is 0 Å². The van der Waals surface area contributed by atoms with E-state index in [9.17, 15) is 5.11 Å². The standard InChI is InChI=1S/C23H40O4Si/c1-17(13-20-21(14-24)26-20)22(27-28(6,7)23(3,4)5)18(2)15-25-16-19-11-9-8-10-12-19/h8-12,17-18,20-22,24H,13-16H2,1-7H3/t17-,18-,20-,21-,22+/m0/s1. The first-order valence-corrected chi connectivity index (χ1v) is 13.5. The smallest absolute Gasteiger partial charge is 0.192 e. The number of ether oxygens (including phenoxy) is 2. The minimum atomic E-state index is -1.90. The molecule has 1 aromatic carbocycles. The molecule has 5 heteroatoms. The van der Waals surface area contributed by atoms with Gasteiger partial charge in [-0.3, -0.25) is 0 Å². The maximum absolute atomic E-state index is 9.29. The lowest BCUT2D eigenvalue weighted by Gasteiger charge is -2.43. The third-order valence-electron chi connectivity index (χ3n) is 6.32. The van der Waals surface area contributed by atoms with E-state index in [0.717, 1.165) is 6.42 Å². The Kier molecular flexibility index (Phi) is 8.29. The van der Waals surface area contributed by atoms with Gasteiger partial charge in [-0.1, -0.05) is 65.0 Å². The van der Waals surface area contributed by atoms with Crippen LogP contribution in [0.4, 0.5) is 0 Å². The SMILES string of the molecule is C[C@@H](COCc1ccccc1)[C@H](O[Si](C)(C)C(C)(C)C)[C@@H](C)C[C@@H]1O[C@H]1CO. The van der Waals surface area contributed by atoms with Crippen molar-refractivity contribution in [2.24, 2.45) is 11.8 Å². The van der Waals surface area contributed by atoms with Crippen LogP contribution in [0.1, 0.15) is 46.6 Å². The largest absolute Gasteiger partial charge is 0.413 e. The van der Waals surface area contributed by atoms with Crippen molar-refractivity contribution in [3.8, 4) is 0 Å². The summed E-state index contributed by atoms with van der Waals surface area (Å²) in [5.41, 5.74) is 1.20. The Bertz CT molecular complexity index is 584. The van der Waals surface area contributed by atoms with Crippen LogP contribution in [-0.2, 0) is 20.5 Å². The van der Waals surface area contributed by atoms with E-state index in [4.69, 9.17) is 13.9 Å². The second-order valence-electron chi connectivity index (χ2n) is 9.93. The van der Waals surface area contributed by atoms with Crippen LogP contribution in [-0.4, -0.2) is 44.9 Å². The van der Waals surface area contributed by atoms with Gasteiger partial charge in [0.25, 0.3) is 0 Å². The molecule has 0 bridgehead atoms. The molecule has 28 heavy (non-hydrogen) atoms. The number of aliphatic hydroxyl groups is 1. The van der Waals surface area contributed by atoms with Crippen LogP contribution in [0.3, 0.4) is 0 Å².